The van der Waals surface area contributed by atoms with Gasteiger partial charge in [0.05, 0.1) is 6.04 Å². The topological polar surface area (TPSA) is 228 Å². The van der Waals surface area contributed by atoms with Crippen LogP contribution in [0, 0.1) is 0 Å². The summed E-state index contributed by atoms with van der Waals surface area (Å²) in [6, 6.07) is -3.56. The molecule has 0 saturated heterocycles. The Morgan fingerprint density at radius 2 is 1.43 bits per heavy atom. The molecule has 12 heteroatoms. The molecule has 0 spiro atoms. The van der Waals surface area contributed by atoms with Crippen LogP contribution >= 0.6 is 0 Å². The Morgan fingerprint density at radius 1 is 0.821 bits per heavy atom. The van der Waals surface area contributed by atoms with Crippen LogP contribution in [0.2, 0.25) is 0 Å². The van der Waals surface area contributed by atoms with Gasteiger partial charge in [0, 0.05) is 12.8 Å². The molecule has 12 nitrogen and oxygen atoms in total. The van der Waals surface area contributed by atoms with E-state index in [1.165, 1.54) is 0 Å². The van der Waals surface area contributed by atoms with Crippen LogP contribution in [0.3, 0.4) is 0 Å². The van der Waals surface area contributed by atoms with Crippen LogP contribution in [-0.4, -0.2) is 64.5 Å². The summed E-state index contributed by atoms with van der Waals surface area (Å²) >= 11 is 0. The molecule has 0 bridgehead atoms. The molecule has 0 fully saturated rings. The van der Waals surface area contributed by atoms with E-state index in [1.807, 2.05) is 0 Å². The van der Waals surface area contributed by atoms with Gasteiger partial charge in [0.1, 0.15) is 12.1 Å². The fourth-order valence-electron chi connectivity index (χ4n) is 2.27. The lowest BCUT2D eigenvalue weighted by molar-refractivity contribution is -0.142. The van der Waals surface area contributed by atoms with Crippen molar-refractivity contribution in [2.24, 2.45) is 17.2 Å². The zero-order valence-corrected chi connectivity index (χ0v) is 15.6. The summed E-state index contributed by atoms with van der Waals surface area (Å²) in [4.78, 5) is 57.3. The minimum atomic E-state index is -1.35. The predicted molar refractivity (Wildman–Crippen MR) is 97.7 cm³/mol. The van der Waals surface area contributed by atoms with Gasteiger partial charge in [-0.1, -0.05) is 0 Å². The summed E-state index contributed by atoms with van der Waals surface area (Å²) < 4.78 is 0. The largest absolute Gasteiger partial charge is 0.481 e. The normalized spacial score (nSPS) is 13.8. The van der Waals surface area contributed by atoms with Crippen LogP contribution in [-0.2, 0) is 24.0 Å². The molecule has 0 aliphatic carbocycles. The van der Waals surface area contributed by atoms with Gasteiger partial charge in [-0.05, 0) is 38.6 Å². The highest BCUT2D eigenvalue weighted by molar-refractivity contribution is 5.92. The first-order valence-corrected chi connectivity index (χ1v) is 8.87. The summed E-state index contributed by atoms with van der Waals surface area (Å²) in [5, 5.41) is 22.5. The van der Waals surface area contributed by atoms with Gasteiger partial charge in [-0.15, -0.1) is 0 Å². The van der Waals surface area contributed by atoms with E-state index in [-0.39, 0.29) is 32.1 Å². The minimum absolute atomic E-state index is 0.116. The third-order valence-electron chi connectivity index (χ3n) is 3.88. The quantitative estimate of drug-likeness (QED) is 0.145. The van der Waals surface area contributed by atoms with Crippen molar-refractivity contribution >= 4 is 29.7 Å². The number of nitrogens with two attached hydrogens (primary N) is 3. The van der Waals surface area contributed by atoms with Crippen molar-refractivity contribution < 1.29 is 34.2 Å². The highest BCUT2D eigenvalue weighted by atomic mass is 16.4. The molecule has 28 heavy (non-hydrogen) atoms. The Bertz CT molecular complexity index is 570. The number of hydrogen-bond acceptors (Lipinski definition) is 7. The number of carboxylic acids is 2. The van der Waals surface area contributed by atoms with E-state index >= 15 is 0 Å². The van der Waals surface area contributed by atoms with Crippen molar-refractivity contribution in [1.29, 1.82) is 0 Å². The number of carbonyl (C=O) groups excluding carboxylic acids is 3. The molecule has 3 amide bonds. The van der Waals surface area contributed by atoms with E-state index in [4.69, 9.17) is 22.3 Å². The Hall–Kier alpha value is -2.73. The summed E-state index contributed by atoms with van der Waals surface area (Å²) in [5.41, 5.74) is 16.0. The fraction of sp³-hybridized carbons (Fsp3) is 0.688. The number of carboxylic acid groups (broad SMARTS) is 2. The Labute approximate surface area is 162 Å². The van der Waals surface area contributed by atoms with Gasteiger partial charge < -0.3 is 38.0 Å². The van der Waals surface area contributed by atoms with E-state index in [0.717, 1.165) is 0 Å². The first-order chi connectivity index (χ1) is 13.1. The second kappa shape index (κ2) is 13.4. The number of primary amides is 1. The number of rotatable bonds is 15. The highest BCUT2D eigenvalue weighted by Crippen LogP contribution is 2.05. The monoisotopic (exact) mass is 403 g/mol. The van der Waals surface area contributed by atoms with E-state index in [1.54, 1.807) is 0 Å². The van der Waals surface area contributed by atoms with Crippen LogP contribution in [0.15, 0.2) is 0 Å². The average Bonchev–Trinajstić information content (AvgIpc) is 2.61. The lowest BCUT2D eigenvalue weighted by Gasteiger charge is -2.22. The summed E-state index contributed by atoms with van der Waals surface area (Å²) in [7, 11) is 0. The molecule has 3 atom stereocenters. The zero-order chi connectivity index (χ0) is 21.7. The molecule has 160 valence electrons. The second-order valence-corrected chi connectivity index (χ2v) is 6.29. The molecule has 0 aliphatic rings. The van der Waals surface area contributed by atoms with Crippen molar-refractivity contribution in [2.45, 2.75) is 63.1 Å². The van der Waals surface area contributed by atoms with E-state index in [2.05, 4.69) is 10.6 Å². The van der Waals surface area contributed by atoms with Gasteiger partial charge in [-0.25, -0.2) is 4.79 Å². The number of nitrogens with one attached hydrogen (secondary N) is 2. The standard InChI is InChI=1S/C16H29N5O7/c17-8-2-1-3-10(20-14(25)9(18)4-7-13(23)24)15(26)21-11(16(27)28)5-6-12(19)22/h9-11H,1-8,17-18H2,(H2,19,22)(H,20,25)(H,21,26)(H,23,24)(H,27,28)/t9-,10-,11-/m0/s1. The zero-order valence-electron chi connectivity index (χ0n) is 15.6. The maximum atomic E-state index is 12.4. The summed E-state index contributed by atoms with van der Waals surface area (Å²) in [6.07, 6.45) is 0.386. The molecule has 0 radical (unpaired) electrons. The van der Waals surface area contributed by atoms with Crippen LogP contribution in [0.5, 0.6) is 0 Å². The molecule has 0 aromatic heterocycles. The number of hydrogen-bond donors (Lipinski definition) is 7. The molecule has 0 aromatic carbocycles. The smallest absolute Gasteiger partial charge is 0.326 e. The van der Waals surface area contributed by atoms with Crippen LogP contribution in [0.25, 0.3) is 0 Å². The van der Waals surface area contributed by atoms with Gasteiger partial charge >= 0.3 is 11.9 Å². The van der Waals surface area contributed by atoms with Crippen molar-refractivity contribution in [1.82, 2.24) is 10.6 Å². The first kappa shape index (κ1) is 25.3. The summed E-state index contributed by atoms with van der Waals surface area (Å²) in [6.45, 7) is 0.372. The Kier molecular flexibility index (Phi) is 12.1. The predicted octanol–water partition coefficient (Wildman–Crippen LogP) is -2.37. The Morgan fingerprint density at radius 3 is 1.93 bits per heavy atom. The molecule has 0 saturated carbocycles. The Balaban J connectivity index is 5.00. The van der Waals surface area contributed by atoms with E-state index < -0.39 is 47.8 Å². The van der Waals surface area contributed by atoms with Crippen molar-refractivity contribution in [3.8, 4) is 0 Å². The molecular weight excluding hydrogens is 374 g/mol. The number of unbranched alkanes of at least 4 members (excludes halogenated alkanes) is 1. The number of aliphatic carboxylic acids is 2. The maximum Gasteiger partial charge on any atom is 0.326 e. The second-order valence-electron chi connectivity index (χ2n) is 6.29. The highest BCUT2D eigenvalue weighted by Gasteiger charge is 2.28. The molecule has 10 N–H and O–H groups in total. The van der Waals surface area contributed by atoms with Crippen LogP contribution < -0.4 is 27.8 Å². The molecule has 0 heterocycles. The minimum Gasteiger partial charge on any atom is -0.481 e. The molecule has 0 aliphatic heterocycles. The summed E-state index contributed by atoms with van der Waals surface area (Å²) in [5.74, 6) is -4.65. The van der Waals surface area contributed by atoms with Gasteiger partial charge in [0.2, 0.25) is 17.7 Å². The third-order valence-corrected chi connectivity index (χ3v) is 3.88. The first-order valence-electron chi connectivity index (χ1n) is 8.87. The van der Waals surface area contributed by atoms with E-state index in [0.29, 0.717) is 19.4 Å². The maximum absolute atomic E-state index is 12.4. The fourth-order valence-corrected chi connectivity index (χ4v) is 2.27. The number of amides is 3. The lowest BCUT2D eigenvalue weighted by Crippen LogP contribution is -2.54. The molecule has 0 aromatic rings. The SMILES string of the molecule is NCCCC[C@H](NC(=O)[C@@H](N)CCC(=O)O)C(=O)N[C@@H](CCC(N)=O)C(=O)O. The van der Waals surface area contributed by atoms with Gasteiger partial charge in [-0.2, -0.15) is 0 Å². The average molecular weight is 403 g/mol. The van der Waals surface area contributed by atoms with Gasteiger partial charge in [0.25, 0.3) is 0 Å². The molecular formula is C16H29N5O7. The van der Waals surface area contributed by atoms with Crippen molar-refractivity contribution in [2.75, 3.05) is 6.54 Å². The van der Waals surface area contributed by atoms with Gasteiger partial charge in [0.15, 0.2) is 0 Å². The number of carbonyl (C=O) groups is 5. The van der Waals surface area contributed by atoms with Crippen LogP contribution in [0.4, 0.5) is 0 Å². The molecule has 0 unspecified atom stereocenters. The van der Waals surface area contributed by atoms with Crippen molar-refractivity contribution in [3.05, 3.63) is 0 Å². The van der Waals surface area contributed by atoms with Gasteiger partial charge in [-0.3, -0.25) is 19.2 Å². The lowest BCUT2D eigenvalue weighted by atomic mass is 10.1. The van der Waals surface area contributed by atoms with E-state index in [9.17, 15) is 29.1 Å². The van der Waals surface area contributed by atoms with Crippen LogP contribution in [0.1, 0.15) is 44.9 Å². The van der Waals surface area contributed by atoms with Crippen molar-refractivity contribution in [3.63, 3.8) is 0 Å². The third kappa shape index (κ3) is 11.1. The molecule has 0 rings (SSSR count).